The first kappa shape index (κ1) is 14.1. The molecule has 0 spiro atoms. The van der Waals surface area contributed by atoms with Gasteiger partial charge in [0.2, 0.25) is 0 Å². The molecule has 0 heterocycles. The number of methoxy groups -OCH3 is 1. The second kappa shape index (κ2) is 6.12. The van der Waals surface area contributed by atoms with Gasteiger partial charge in [-0.3, -0.25) is 4.79 Å². The van der Waals surface area contributed by atoms with Gasteiger partial charge in [0.1, 0.15) is 5.75 Å². The van der Waals surface area contributed by atoms with Crippen molar-refractivity contribution in [3.05, 3.63) is 28.3 Å². The molecule has 0 aliphatic heterocycles. The zero-order valence-corrected chi connectivity index (χ0v) is 11.4. The van der Waals surface area contributed by atoms with Crippen molar-refractivity contribution in [2.45, 2.75) is 19.2 Å². The van der Waals surface area contributed by atoms with Gasteiger partial charge in [-0.1, -0.05) is 11.6 Å². The molecular weight excluding hydrogens is 263 g/mol. The van der Waals surface area contributed by atoms with E-state index in [1.54, 1.807) is 19.1 Å². The fourth-order valence-electron chi connectivity index (χ4n) is 1.44. The average molecular weight is 277 g/mol. The lowest BCUT2D eigenvalue weighted by Gasteiger charge is -2.14. The number of ether oxygens (including phenoxy) is 2. The smallest absolute Gasteiger partial charge is 0.328 e. The van der Waals surface area contributed by atoms with Gasteiger partial charge in [-0.05, 0) is 37.1 Å². The number of alkyl halides is 1. The highest BCUT2D eigenvalue weighted by molar-refractivity contribution is 6.33. The fraction of sp³-hybridized carbons (Fsp3) is 0.417. The van der Waals surface area contributed by atoms with Gasteiger partial charge >= 0.3 is 5.97 Å². The SMILES string of the molecule is CCOC(=O)C(Cl)c1cc(Cl)c(OC)cc1C. The zero-order chi connectivity index (χ0) is 13.0. The highest BCUT2D eigenvalue weighted by Crippen LogP contribution is 2.33. The Morgan fingerprint density at radius 3 is 2.65 bits per heavy atom. The van der Waals surface area contributed by atoms with Crippen molar-refractivity contribution in [1.29, 1.82) is 0 Å². The summed E-state index contributed by atoms with van der Waals surface area (Å²) in [5.74, 6) is 0.0825. The van der Waals surface area contributed by atoms with Gasteiger partial charge in [-0.25, -0.2) is 0 Å². The molecule has 0 saturated carbocycles. The number of rotatable bonds is 4. The van der Waals surface area contributed by atoms with E-state index >= 15 is 0 Å². The van der Waals surface area contributed by atoms with Crippen LogP contribution in [0.1, 0.15) is 23.4 Å². The minimum absolute atomic E-state index is 0.297. The molecule has 0 bridgehead atoms. The van der Waals surface area contributed by atoms with Crippen LogP contribution in [0.25, 0.3) is 0 Å². The number of esters is 1. The van der Waals surface area contributed by atoms with Crippen LogP contribution in [0.4, 0.5) is 0 Å². The van der Waals surface area contributed by atoms with Gasteiger partial charge in [-0.15, -0.1) is 11.6 Å². The predicted molar refractivity (Wildman–Crippen MR) is 68.0 cm³/mol. The molecule has 17 heavy (non-hydrogen) atoms. The molecule has 0 aliphatic carbocycles. The minimum Gasteiger partial charge on any atom is -0.495 e. The normalized spacial score (nSPS) is 12.1. The van der Waals surface area contributed by atoms with Crippen LogP contribution in [0.15, 0.2) is 12.1 Å². The zero-order valence-electron chi connectivity index (χ0n) is 9.92. The number of halogens is 2. The number of aryl methyl sites for hydroxylation is 1. The highest BCUT2D eigenvalue weighted by Gasteiger charge is 2.22. The van der Waals surface area contributed by atoms with Crippen molar-refractivity contribution in [2.75, 3.05) is 13.7 Å². The van der Waals surface area contributed by atoms with E-state index < -0.39 is 11.3 Å². The molecule has 1 aromatic carbocycles. The van der Waals surface area contributed by atoms with E-state index in [1.165, 1.54) is 7.11 Å². The van der Waals surface area contributed by atoms with Gasteiger partial charge < -0.3 is 9.47 Å². The monoisotopic (exact) mass is 276 g/mol. The molecule has 0 amide bonds. The van der Waals surface area contributed by atoms with Crippen LogP contribution in [0.5, 0.6) is 5.75 Å². The molecule has 1 rings (SSSR count). The molecule has 5 heteroatoms. The maximum absolute atomic E-state index is 11.5. The van der Waals surface area contributed by atoms with E-state index in [0.717, 1.165) is 5.56 Å². The molecule has 1 aromatic rings. The van der Waals surface area contributed by atoms with Crippen LogP contribution in [0.2, 0.25) is 5.02 Å². The number of carbonyl (C=O) groups is 1. The Bertz CT molecular complexity index is 418. The Morgan fingerprint density at radius 2 is 2.12 bits per heavy atom. The van der Waals surface area contributed by atoms with Gasteiger partial charge in [0, 0.05) is 0 Å². The molecule has 0 fully saturated rings. The lowest BCUT2D eigenvalue weighted by molar-refractivity contribution is -0.142. The van der Waals surface area contributed by atoms with Crippen molar-refractivity contribution < 1.29 is 14.3 Å². The van der Waals surface area contributed by atoms with Crippen molar-refractivity contribution in [3.63, 3.8) is 0 Å². The summed E-state index contributed by atoms with van der Waals surface area (Å²) in [5.41, 5.74) is 1.47. The van der Waals surface area contributed by atoms with E-state index in [1.807, 2.05) is 6.92 Å². The summed E-state index contributed by atoms with van der Waals surface area (Å²) in [6.45, 7) is 3.86. The molecule has 0 aromatic heterocycles. The van der Waals surface area contributed by atoms with Gasteiger partial charge in [0.05, 0.1) is 18.7 Å². The summed E-state index contributed by atoms with van der Waals surface area (Å²) in [6.07, 6.45) is 0. The topological polar surface area (TPSA) is 35.5 Å². The Balaban J connectivity index is 3.06. The summed E-state index contributed by atoms with van der Waals surface area (Å²) >= 11 is 12.0. The Kier molecular flexibility index (Phi) is 5.09. The van der Waals surface area contributed by atoms with E-state index in [0.29, 0.717) is 22.9 Å². The molecule has 1 atom stereocenters. The van der Waals surface area contributed by atoms with Gasteiger partial charge in [0.25, 0.3) is 0 Å². The molecule has 0 saturated heterocycles. The van der Waals surface area contributed by atoms with Crippen LogP contribution >= 0.6 is 23.2 Å². The first-order chi connectivity index (χ1) is 8.01. The first-order valence-electron chi connectivity index (χ1n) is 5.16. The Morgan fingerprint density at radius 1 is 1.47 bits per heavy atom. The minimum atomic E-state index is -0.849. The first-order valence-corrected chi connectivity index (χ1v) is 5.97. The number of hydrogen-bond donors (Lipinski definition) is 0. The van der Waals surface area contributed by atoms with Crippen LogP contribution < -0.4 is 4.74 Å². The average Bonchev–Trinajstić information content (AvgIpc) is 2.31. The van der Waals surface area contributed by atoms with Crippen LogP contribution in [-0.4, -0.2) is 19.7 Å². The summed E-state index contributed by atoms with van der Waals surface area (Å²) in [6, 6.07) is 3.37. The second-order valence-electron chi connectivity index (χ2n) is 3.46. The molecule has 0 radical (unpaired) electrons. The molecule has 94 valence electrons. The third-order valence-electron chi connectivity index (χ3n) is 2.31. The van der Waals surface area contributed by atoms with E-state index in [2.05, 4.69) is 0 Å². The maximum atomic E-state index is 11.5. The van der Waals surface area contributed by atoms with Gasteiger partial charge in [-0.2, -0.15) is 0 Å². The van der Waals surface area contributed by atoms with Crippen molar-refractivity contribution in [1.82, 2.24) is 0 Å². The largest absolute Gasteiger partial charge is 0.495 e. The highest BCUT2D eigenvalue weighted by atomic mass is 35.5. The Hall–Kier alpha value is -0.930. The number of benzene rings is 1. The van der Waals surface area contributed by atoms with Crippen LogP contribution in [0.3, 0.4) is 0 Å². The van der Waals surface area contributed by atoms with Crippen LogP contribution in [0, 0.1) is 6.92 Å². The third kappa shape index (κ3) is 3.27. The summed E-state index contributed by atoms with van der Waals surface area (Å²) < 4.78 is 9.94. The number of hydrogen-bond acceptors (Lipinski definition) is 3. The standard InChI is InChI=1S/C12H14Cl2O3/c1-4-17-12(15)11(14)8-6-9(13)10(16-3)5-7(8)2/h5-6,11H,4H2,1-3H3. The van der Waals surface area contributed by atoms with Crippen molar-refractivity contribution >= 4 is 29.2 Å². The van der Waals surface area contributed by atoms with Crippen LogP contribution in [-0.2, 0) is 9.53 Å². The molecule has 0 N–H and O–H groups in total. The lowest BCUT2D eigenvalue weighted by Crippen LogP contribution is -2.12. The fourth-order valence-corrected chi connectivity index (χ4v) is 1.99. The molecule has 1 unspecified atom stereocenters. The summed E-state index contributed by atoms with van der Waals surface area (Å²) in [5, 5.41) is -0.429. The lowest BCUT2D eigenvalue weighted by atomic mass is 10.1. The molecular formula is C12H14Cl2O3. The molecule has 0 aliphatic rings. The van der Waals surface area contributed by atoms with Crippen molar-refractivity contribution in [3.8, 4) is 5.75 Å². The van der Waals surface area contributed by atoms with Crippen molar-refractivity contribution in [2.24, 2.45) is 0 Å². The summed E-state index contributed by atoms with van der Waals surface area (Å²) in [4.78, 5) is 11.5. The van der Waals surface area contributed by atoms with E-state index in [9.17, 15) is 4.79 Å². The van der Waals surface area contributed by atoms with Gasteiger partial charge in [0.15, 0.2) is 5.38 Å². The Labute approximate surface area is 111 Å². The third-order valence-corrected chi connectivity index (χ3v) is 3.02. The second-order valence-corrected chi connectivity index (χ2v) is 4.30. The van der Waals surface area contributed by atoms with E-state index in [-0.39, 0.29) is 0 Å². The molecule has 3 nitrogen and oxygen atoms in total. The summed E-state index contributed by atoms with van der Waals surface area (Å²) in [7, 11) is 1.53. The quantitative estimate of drug-likeness (QED) is 0.624. The number of carbonyl (C=O) groups excluding carboxylic acids is 1. The van der Waals surface area contributed by atoms with E-state index in [4.69, 9.17) is 32.7 Å². The maximum Gasteiger partial charge on any atom is 0.328 e. The predicted octanol–water partition coefficient (Wildman–Crippen LogP) is 3.50.